The average Bonchev–Trinajstić information content (AvgIpc) is 3.18. The lowest BCUT2D eigenvalue weighted by atomic mass is 10.0. The second-order valence-electron chi connectivity index (χ2n) is 9.21. The van der Waals surface area contributed by atoms with Gasteiger partial charge in [-0.05, 0) is 47.9 Å². The van der Waals surface area contributed by atoms with Gasteiger partial charge in [-0.2, -0.15) is 0 Å². The number of benzene rings is 2. The van der Waals surface area contributed by atoms with Gasteiger partial charge in [0.2, 0.25) is 5.91 Å². The highest BCUT2D eigenvalue weighted by molar-refractivity contribution is 6.23. The monoisotopic (exact) mass is 479 g/mol. The molecule has 186 valence electrons. The maximum absolute atomic E-state index is 13.6. The minimum absolute atomic E-state index is 0.0320. The van der Waals surface area contributed by atoms with Gasteiger partial charge in [0, 0.05) is 31.7 Å². The lowest BCUT2D eigenvalue weighted by Crippen LogP contribution is -2.49. The van der Waals surface area contributed by atoms with Gasteiger partial charge in [-0.25, -0.2) is 4.90 Å². The van der Waals surface area contributed by atoms with Gasteiger partial charge in [-0.1, -0.05) is 26.0 Å². The standard InChI is InChI=1S/C27H33N3O5/c1-19(2)20-4-8-22(9-5-20)30-25(31)18-24(27(30)33)29(13-12-28-14-16-35-17-15-28)26(32)21-6-10-23(34-3)11-7-21/h4-11,19,24H,12-18H2,1-3H3. The Morgan fingerprint density at radius 1 is 1.06 bits per heavy atom. The fraction of sp³-hybridized carbons (Fsp3) is 0.444. The van der Waals surface area contributed by atoms with Crippen LogP contribution < -0.4 is 9.64 Å². The number of hydrogen-bond acceptors (Lipinski definition) is 6. The third-order valence-corrected chi connectivity index (χ3v) is 6.68. The molecular weight excluding hydrogens is 446 g/mol. The Hall–Kier alpha value is -3.23. The van der Waals surface area contributed by atoms with Gasteiger partial charge >= 0.3 is 0 Å². The van der Waals surface area contributed by atoms with Crippen LogP contribution in [0.25, 0.3) is 0 Å². The molecule has 0 saturated carbocycles. The number of hydrogen-bond donors (Lipinski definition) is 0. The molecule has 2 aromatic carbocycles. The molecule has 4 rings (SSSR count). The zero-order valence-electron chi connectivity index (χ0n) is 20.6. The number of carbonyl (C=O) groups excluding carboxylic acids is 3. The molecule has 3 amide bonds. The maximum Gasteiger partial charge on any atom is 0.257 e. The maximum atomic E-state index is 13.6. The van der Waals surface area contributed by atoms with E-state index in [0.29, 0.717) is 49.2 Å². The first-order valence-corrected chi connectivity index (χ1v) is 12.1. The summed E-state index contributed by atoms with van der Waals surface area (Å²) in [7, 11) is 1.57. The molecule has 2 fully saturated rings. The van der Waals surface area contributed by atoms with E-state index in [0.717, 1.165) is 18.7 Å². The van der Waals surface area contributed by atoms with Gasteiger partial charge in [-0.15, -0.1) is 0 Å². The second kappa shape index (κ2) is 11.0. The van der Waals surface area contributed by atoms with Gasteiger partial charge in [0.05, 0.1) is 32.4 Å². The van der Waals surface area contributed by atoms with E-state index < -0.39 is 6.04 Å². The van der Waals surface area contributed by atoms with Crippen LogP contribution in [0.4, 0.5) is 5.69 Å². The Balaban J connectivity index is 1.57. The van der Waals surface area contributed by atoms with E-state index in [1.807, 2.05) is 12.1 Å². The molecule has 8 heteroatoms. The zero-order valence-corrected chi connectivity index (χ0v) is 20.6. The van der Waals surface area contributed by atoms with Crippen molar-refractivity contribution in [3.63, 3.8) is 0 Å². The van der Waals surface area contributed by atoms with E-state index in [1.54, 1.807) is 48.4 Å². The summed E-state index contributed by atoms with van der Waals surface area (Å²) < 4.78 is 10.6. The number of methoxy groups -OCH3 is 1. The summed E-state index contributed by atoms with van der Waals surface area (Å²) in [5, 5.41) is 0. The number of anilines is 1. The molecule has 8 nitrogen and oxygen atoms in total. The molecule has 2 heterocycles. The number of imide groups is 1. The van der Waals surface area contributed by atoms with Crippen molar-refractivity contribution in [1.29, 1.82) is 0 Å². The first-order chi connectivity index (χ1) is 16.9. The molecule has 0 spiro atoms. The smallest absolute Gasteiger partial charge is 0.257 e. The first kappa shape index (κ1) is 24.9. The van der Waals surface area contributed by atoms with E-state index in [4.69, 9.17) is 9.47 Å². The van der Waals surface area contributed by atoms with Crippen molar-refractivity contribution in [3.8, 4) is 5.75 Å². The normalized spacial score (nSPS) is 18.9. The summed E-state index contributed by atoms with van der Waals surface area (Å²) in [4.78, 5) is 45.1. The van der Waals surface area contributed by atoms with E-state index in [2.05, 4.69) is 18.7 Å². The molecule has 2 aromatic rings. The van der Waals surface area contributed by atoms with Crippen molar-refractivity contribution in [2.75, 3.05) is 51.4 Å². The first-order valence-electron chi connectivity index (χ1n) is 12.1. The molecule has 35 heavy (non-hydrogen) atoms. The molecule has 0 aliphatic carbocycles. The van der Waals surface area contributed by atoms with Crippen molar-refractivity contribution in [2.24, 2.45) is 0 Å². The summed E-state index contributed by atoms with van der Waals surface area (Å²) in [5.74, 6) is 0.0561. The predicted molar refractivity (Wildman–Crippen MR) is 133 cm³/mol. The number of carbonyl (C=O) groups is 3. The van der Waals surface area contributed by atoms with E-state index in [-0.39, 0.29) is 24.1 Å². The Morgan fingerprint density at radius 3 is 2.31 bits per heavy atom. The van der Waals surface area contributed by atoms with Crippen LogP contribution in [-0.2, 0) is 14.3 Å². The third-order valence-electron chi connectivity index (χ3n) is 6.68. The van der Waals surface area contributed by atoms with Gasteiger partial charge in [-0.3, -0.25) is 19.3 Å². The number of ether oxygens (including phenoxy) is 2. The molecule has 0 radical (unpaired) electrons. The van der Waals surface area contributed by atoms with Crippen LogP contribution in [0.5, 0.6) is 5.75 Å². The Labute approximate surface area is 206 Å². The molecule has 2 saturated heterocycles. The van der Waals surface area contributed by atoms with Crippen LogP contribution >= 0.6 is 0 Å². The van der Waals surface area contributed by atoms with Crippen molar-refractivity contribution < 1.29 is 23.9 Å². The molecule has 0 N–H and O–H groups in total. The SMILES string of the molecule is COc1ccc(C(=O)N(CCN2CCOCC2)C2CC(=O)N(c3ccc(C(C)C)cc3)C2=O)cc1. The highest BCUT2D eigenvalue weighted by atomic mass is 16.5. The number of rotatable bonds is 8. The molecule has 2 aliphatic rings. The summed E-state index contributed by atoms with van der Waals surface area (Å²) in [6.45, 7) is 7.97. The Bertz CT molecular complexity index is 1050. The number of nitrogens with zero attached hydrogens (tertiary/aromatic N) is 3. The molecular formula is C27H33N3O5. The summed E-state index contributed by atoms with van der Waals surface area (Å²) in [5.41, 5.74) is 2.12. The number of amides is 3. The van der Waals surface area contributed by atoms with Crippen LogP contribution in [0.1, 0.15) is 42.1 Å². The highest BCUT2D eigenvalue weighted by Crippen LogP contribution is 2.28. The van der Waals surface area contributed by atoms with Crippen LogP contribution in [0.2, 0.25) is 0 Å². The Kier molecular flexibility index (Phi) is 7.83. The van der Waals surface area contributed by atoms with E-state index in [9.17, 15) is 14.4 Å². The van der Waals surface area contributed by atoms with Gasteiger partial charge < -0.3 is 14.4 Å². The van der Waals surface area contributed by atoms with Crippen molar-refractivity contribution in [3.05, 3.63) is 59.7 Å². The minimum atomic E-state index is -0.845. The summed E-state index contributed by atoms with van der Waals surface area (Å²) >= 11 is 0. The van der Waals surface area contributed by atoms with Gasteiger partial charge in [0.1, 0.15) is 11.8 Å². The fourth-order valence-electron chi connectivity index (χ4n) is 4.51. The van der Waals surface area contributed by atoms with Crippen LogP contribution in [0.15, 0.2) is 48.5 Å². The average molecular weight is 480 g/mol. The van der Waals surface area contributed by atoms with Crippen molar-refractivity contribution >= 4 is 23.4 Å². The molecule has 2 aliphatic heterocycles. The summed E-state index contributed by atoms with van der Waals surface area (Å²) in [6.07, 6.45) is -0.0320. The lowest BCUT2D eigenvalue weighted by Gasteiger charge is -2.32. The quantitative estimate of drug-likeness (QED) is 0.542. The van der Waals surface area contributed by atoms with Crippen LogP contribution in [0, 0.1) is 0 Å². The second-order valence-corrected chi connectivity index (χ2v) is 9.21. The fourth-order valence-corrected chi connectivity index (χ4v) is 4.51. The predicted octanol–water partition coefficient (Wildman–Crippen LogP) is 2.93. The molecule has 0 aromatic heterocycles. The number of morpholine rings is 1. The van der Waals surface area contributed by atoms with E-state index in [1.165, 1.54) is 4.90 Å². The van der Waals surface area contributed by atoms with Crippen molar-refractivity contribution in [2.45, 2.75) is 32.2 Å². The van der Waals surface area contributed by atoms with E-state index >= 15 is 0 Å². The molecule has 0 bridgehead atoms. The summed E-state index contributed by atoms with van der Waals surface area (Å²) in [6, 6.07) is 13.4. The minimum Gasteiger partial charge on any atom is -0.497 e. The largest absolute Gasteiger partial charge is 0.497 e. The topological polar surface area (TPSA) is 79.4 Å². The third kappa shape index (κ3) is 5.55. The zero-order chi connectivity index (χ0) is 24.9. The van der Waals surface area contributed by atoms with Crippen LogP contribution in [0.3, 0.4) is 0 Å². The molecule has 1 unspecified atom stereocenters. The van der Waals surface area contributed by atoms with Crippen molar-refractivity contribution in [1.82, 2.24) is 9.80 Å². The lowest BCUT2D eigenvalue weighted by molar-refractivity contribution is -0.122. The molecule has 1 atom stereocenters. The highest BCUT2D eigenvalue weighted by Gasteiger charge is 2.44. The van der Waals surface area contributed by atoms with Gasteiger partial charge in [0.15, 0.2) is 0 Å². The Morgan fingerprint density at radius 2 is 1.71 bits per heavy atom. The van der Waals surface area contributed by atoms with Gasteiger partial charge in [0.25, 0.3) is 11.8 Å². The van der Waals surface area contributed by atoms with Crippen LogP contribution in [-0.4, -0.2) is 80.1 Å².